The zero-order valence-electron chi connectivity index (χ0n) is 12.6. The first-order valence-electron chi connectivity index (χ1n) is 6.94. The van der Waals surface area contributed by atoms with Gasteiger partial charge in [0.15, 0.2) is 0 Å². The standard InChI is InChI=1S/C18H10F3N3O/c19-18(20,21)15-2-1-3-16(9-15)24-17(25)14(11-23)8-12-4-6-13(10-22)7-5-12/h1-9H,(H,24,25). The second-order valence-electron chi connectivity index (χ2n) is 4.94. The van der Waals surface area contributed by atoms with Crippen LogP contribution >= 0.6 is 0 Å². The third-order valence-electron chi connectivity index (χ3n) is 3.16. The molecule has 0 aliphatic rings. The van der Waals surface area contributed by atoms with E-state index in [1.54, 1.807) is 18.2 Å². The Balaban J connectivity index is 2.22. The average molecular weight is 341 g/mol. The van der Waals surface area contributed by atoms with Crippen molar-refractivity contribution in [2.45, 2.75) is 6.18 Å². The number of amides is 1. The van der Waals surface area contributed by atoms with Gasteiger partial charge in [-0.2, -0.15) is 23.7 Å². The van der Waals surface area contributed by atoms with Crippen LogP contribution in [-0.2, 0) is 11.0 Å². The van der Waals surface area contributed by atoms with Gasteiger partial charge in [0, 0.05) is 5.69 Å². The third kappa shape index (κ3) is 4.69. The van der Waals surface area contributed by atoms with E-state index < -0.39 is 17.6 Å². The van der Waals surface area contributed by atoms with Crippen LogP contribution in [0.2, 0.25) is 0 Å². The second kappa shape index (κ2) is 7.33. The molecule has 0 aliphatic carbocycles. The van der Waals surface area contributed by atoms with Crippen molar-refractivity contribution in [1.29, 1.82) is 10.5 Å². The van der Waals surface area contributed by atoms with Crippen LogP contribution in [0.15, 0.2) is 54.1 Å². The lowest BCUT2D eigenvalue weighted by Gasteiger charge is -2.09. The Morgan fingerprint density at radius 3 is 2.32 bits per heavy atom. The molecule has 0 saturated carbocycles. The maximum absolute atomic E-state index is 12.7. The number of nitrogens with one attached hydrogen (secondary N) is 1. The van der Waals surface area contributed by atoms with Crippen molar-refractivity contribution in [3.05, 3.63) is 70.8 Å². The Hall–Kier alpha value is -3.58. The van der Waals surface area contributed by atoms with E-state index in [0.717, 1.165) is 18.2 Å². The first-order chi connectivity index (χ1) is 11.8. The molecule has 1 amide bonds. The van der Waals surface area contributed by atoms with Crippen LogP contribution in [0.5, 0.6) is 0 Å². The van der Waals surface area contributed by atoms with Crippen LogP contribution in [0.25, 0.3) is 6.08 Å². The van der Waals surface area contributed by atoms with Gasteiger partial charge in [0.2, 0.25) is 0 Å². The molecule has 2 rings (SSSR count). The van der Waals surface area contributed by atoms with Gasteiger partial charge in [-0.05, 0) is 42.0 Å². The molecule has 0 heterocycles. The molecule has 0 aromatic heterocycles. The van der Waals surface area contributed by atoms with Gasteiger partial charge in [-0.25, -0.2) is 0 Å². The molecular formula is C18H10F3N3O. The number of nitrogens with zero attached hydrogens (tertiary/aromatic N) is 2. The number of nitriles is 2. The summed E-state index contributed by atoms with van der Waals surface area (Å²) < 4.78 is 38.0. The predicted molar refractivity (Wildman–Crippen MR) is 84.8 cm³/mol. The summed E-state index contributed by atoms with van der Waals surface area (Å²) in [4.78, 5) is 12.1. The summed E-state index contributed by atoms with van der Waals surface area (Å²) in [5.41, 5.74) is -0.318. The molecule has 1 N–H and O–H groups in total. The van der Waals surface area contributed by atoms with E-state index in [2.05, 4.69) is 5.32 Å². The summed E-state index contributed by atoms with van der Waals surface area (Å²) in [5, 5.41) is 20.1. The molecule has 0 atom stereocenters. The van der Waals surface area contributed by atoms with E-state index in [1.807, 2.05) is 6.07 Å². The van der Waals surface area contributed by atoms with Crippen LogP contribution < -0.4 is 5.32 Å². The molecule has 0 fully saturated rings. The highest BCUT2D eigenvalue weighted by Gasteiger charge is 2.30. The number of carbonyl (C=O) groups excluding carboxylic acids is 1. The van der Waals surface area contributed by atoms with E-state index >= 15 is 0 Å². The van der Waals surface area contributed by atoms with Crippen molar-refractivity contribution in [2.24, 2.45) is 0 Å². The largest absolute Gasteiger partial charge is 0.416 e. The Morgan fingerprint density at radius 2 is 1.76 bits per heavy atom. The second-order valence-corrected chi connectivity index (χ2v) is 4.94. The van der Waals surface area contributed by atoms with Crippen molar-refractivity contribution in [2.75, 3.05) is 5.32 Å². The van der Waals surface area contributed by atoms with Gasteiger partial charge in [-0.1, -0.05) is 18.2 Å². The Kier molecular flexibility index (Phi) is 5.21. The van der Waals surface area contributed by atoms with E-state index in [4.69, 9.17) is 10.5 Å². The fourth-order valence-corrected chi connectivity index (χ4v) is 1.94. The van der Waals surface area contributed by atoms with Crippen LogP contribution in [0, 0.1) is 22.7 Å². The molecule has 124 valence electrons. The third-order valence-corrected chi connectivity index (χ3v) is 3.16. The molecule has 25 heavy (non-hydrogen) atoms. The van der Waals surface area contributed by atoms with Crippen molar-refractivity contribution in [3.63, 3.8) is 0 Å². The molecule has 0 aliphatic heterocycles. The lowest BCUT2D eigenvalue weighted by Crippen LogP contribution is -2.14. The quantitative estimate of drug-likeness (QED) is 0.674. The van der Waals surface area contributed by atoms with Crippen LogP contribution in [0.1, 0.15) is 16.7 Å². The summed E-state index contributed by atoms with van der Waals surface area (Å²) >= 11 is 0. The van der Waals surface area contributed by atoms with Gasteiger partial charge in [-0.3, -0.25) is 4.79 Å². The van der Waals surface area contributed by atoms with Crippen molar-refractivity contribution < 1.29 is 18.0 Å². The molecule has 0 bridgehead atoms. The lowest BCUT2D eigenvalue weighted by atomic mass is 10.1. The highest BCUT2D eigenvalue weighted by atomic mass is 19.4. The van der Waals surface area contributed by atoms with E-state index in [9.17, 15) is 18.0 Å². The summed E-state index contributed by atoms with van der Waals surface area (Å²) in [6.45, 7) is 0. The normalized spacial score (nSPS) is 11.3. The number of alkyl halides is 3. The molecular weight excluding hydrogens is 331 g/mol. The highest BCUT2D eigenvalue weighted by Crippen LogP contribution is 2.30. The fraction of sp³-hybridized carbons (Fsp3) is 0.0556. The van der Waals surface area contributed by atoms with E-state index in [0.29, 0.717) is 11.1 Å². The minimum Gasteiger partial charge on any atom is -0.321 e. The summed E-state index contributed by atoms with van der Waals surface area (Å²) in [7, 11) is 0. The van der Waals surface area contributed by atoms with Crippen molar-refractivity contribution in [1.82, 2.24) is 0 Å². The number of carbonyl (C=O) groups is 1. The topological polar surface area (TPSA) is 76.7 Å². The van der Waals surface area contributed by atoms with Gasteiger partial charge in [0.25, 0.3) is 5.91 Å². The van der Waals surface area contributed by atoms with Gasteiger partial charge < -0.3 is 5.32 Å². The molecule has 0 spiro atoms. The molecule has 0 radical (unpaired) electrons. The molecule has 2 aromatic rings. The average Bonchev–Trinajstić information content (AvgIpc) is 2.59. The Bertz CT molecular complexity index is 901. The summed E-state index contributed by atoms with van der Waals surface area (Å²) in [5.74, 6) is -0.828. The first kappa shape index (κ1) is 17.8. The zero-order valence-corrected chi connectivity index (χ0v) is 12.6. The van der Waals surface area contributed by atoms with Gasteiger partial charge in [0.05, 0.1) is 17.2 Å². The number of halogens is 3. The predicted octanol–water partition coefficient (Wildman–Crippen LogP) is 4.12. The SMILES string of the molecule is N#CC(=Cc1ccc(C#N)cc1)C(=O)Nc1cccc(C(F)(F)F)c1. The number of benzene rings is 2. The first-order valence-corrected chi connectivity index (χ1v) is 6.94. The van der Waals surface area contributed by atoms with E-state index in [1.165, 1.54) is 24.3 Å². The number of hydrogen-bond donors (Lipinski definition) is 1. The van der Waals surface area contributed by atoms with Gasteiger partial charge in [0.1, 0.15) is 11.6 Å². The summed E-state index contributed by atoms with van der Waals surface area (Å²) in [6.07, 6.45) is -3.25. The number of rotatable bonds is 3. The molecule has 0 saturated heterocycles. The van der Waals surface area contributed by atoms with Gasteiger partial charge >= 0.3 is 6.18 Å². The van der Waals surface area contributed by atoms with Gasteiger partial charge in [-0.15, -0.1) is 0 Å². The van der Waals surface area contributed by atoms with Crippen molar-refractivity contribution >= 4 is 17.7 Å². The minimum atomic E-state index is -4.53. The minimum absolute atomic E-state index is 0.0687. The van der Waals surface area contributed by atoms with Crippen LogP contribution in [0.3, 0.4) is 0 Å². The molecule has 2 aromatic carbocycles. The Labute approximate surface area is 141 Å². The zero-order chi connectivity index (χ0) is 18.4. The lowest BCUT2D eigenvalue weighted by molar-refractivity contribution is -0.137. The molecule has 7 heteroatoms. The molecule has 4 nitrogen and oxygen atoms in total. The fourth-order valence-electron chi connectivity index (χ4n) is 1.94. The summed E-state index contributed by atoms with van der Waals surface area (Å²) in [6, 6.07) is 13.9. The maximum Gasteiger partial charge on any atom is 0.416 e. The highest BCUT2D eigenvalue weighted by molar-refractivity contribution is 6.09. The molecule has 0 unspecified atom stereocenters. The van der Waals surface area contributed by atoms with Crippen molar-refractivity contribution in [3.8, 4) is 12.1 Å². The maximum atomic E-state index is 12.7. The monoisotopic (exact) mass is 341 g/mol. The number of hydrogen-bond acceptors (Lipinski definition) is 3. The van der Waals surface area contributed by atoms with Crippen LogP contribution in [-0.4, -0.2) is 5.91 Å². The smallest absolute Gasteiger partial charge is 0.321 e. The number of anilines is 1. The Morgan fingerprint density at radius 1 is 1.08 bits per heavy atom. The van der Waals surface area contributed by atoms with Crippen LogP contribution in [0.4, 0.5) is 18.9 Å². The van der Waals surface area contributed by atoms with E-state index in [-0.39, 0.29) is 11.3 Å².